The van der Waals surface area contributed by atoms with E-state index in [0.717, 1.165) is 22.6 Å². The van der Waals surface area contributed by atoms with E-state index in [4.69, 9.17) is 14.2 Å². The van der Waals surface area contributed by atoms with Crippen LogP contribution in [0.25, 0.3) is 0 Å². The van der Waals surface area contributed by atoms with Gasteiger partial charge in [-0.3, -0.25) is 4.99 Å². The monoisotopic (exact) mass is 544 g/mol. The highest BCUT2D eigenvalue weighted by atomic mass is 127. The molecule has 0 aromatic heterocycles. The van der Waals surface area contributed by atoms with Crippen LogP contribution in [-0.2, 0) is 17.8 Å². The number of halogens is 2. The van der Waals surface area contributed by atoms with Crippen LogP contribution in [0, 0.1) is 5.82 Å². The molecule has 2 aromatic carbocycles. The molecule has 31 heavy (non-hydrogen) atoms. The molecule has 2 aromatic rings. The first-order chi connectivity index (χ1) is 14.6. The second-order valence-electron chi connectivity index (χ2n) is 6.84. The van der Waals surface area contributed by atoms with Crippen molar-refractivity contribution in [2.24, 2.45) is 4.99 Å². The normalized spacial score (nSPS) is 13.9. The molecular weight excluding hydrogens is 514 g/mol. The Balaban J connectivity index is 0.00000341. The van der Waals surface area contributed by atoms with Gasteiger partial charge in [-0.2, -0.15) is 0 Å². The molecule has 1 fully saturated rings. The van der Waals surface area contributed by atoms with Crippen molar-refractivity contribution in [3.8, 4) is 11.5 Å². The van der Waals surface area contributed by atoms with Gasteiger partial charge in [-0.25, -0.2) is 4.39 Å². The summed E-state index contributed by atoms with van der Waals surface area (Å²) in [6, 6.07) is 11.0. The average Bonchev–Trinajstić information content (AvgIpc) is 2.79. The maximum atomic E-state index is 14.6. The highest BCUT2D eigenvalue weighted by molar-refractivity contribution is 14.0. The molecule has 1 aliphatic heterocycles. The minimum Gasteiger partial charge on any atom is -0.497 e. The summed E-state index contributed by atoms with van der Waals surface area (Å²) in [5.74, 6) is 1.87. The minimum atomic E-state index is -0.220. The Morgan fingerprint density at radius 3 is 2.45 bits per heavy atom. The highest BCUT2D eigenvalue weighted by Crippen LogP contribution is 2.24. The van der Waals surface area contributed by atoms with Crippen molar-refractivity contribution < 1.29 is 18.6 Å². The van der Waals surface area contributed by atoms with E-state index in [-0.39, 0.29) is 29.8 Å². The molecule has 0 amide bonds. The second kappa shape index (κ2) is 12.6. The Morgan fingerprint density at radius 2 is 1.81 bits per heavy atom. The molecular formula is C22H30FIN4O3. The van der Waals surface area contributed by atoms with Crippen LogP contribution in [-0.4, -0.2) is 53.5 Å². The fourth-order valence-corrected chi connectivity index (χ4v) is 3.30. The summed E-state index contributed by atoms with van der Waals surface area (Å²) >= 11 is 0. The summed E-state index contributed by atoms with van der Waals surface area (Å²) in [4.78, 5) is 6.25. The zero-order chi connectivity index (χ0) is 21.3. The molecule has 1 saturated heterocycles. The standard InChI is InChI=1S/C22H29FN4O3.HI/c1-24-22(26-15-17-5-6-18(28-2)13-21(17)29-3)25-14-16-4-7-20(19(23)12-16)27-8-10-30-11-9-27;/h4-7,12-13H,8-11,14-15H2,1-3H3,(H2,24,25,26);1H. The second-order valence-corrected chi connectivity index (χ2v) is 6.84. The zero-order valence-electron chi connectivity index (χ0n) is 18.1. The smallest absolute Gasteiger partial charge is 0.191 e. The van der Waals surface area contributed by atoms with Crippen LogP contribution < -0.4 is 25.0 Å². The van der Waals surface area contributed by atoms with Gasteiger partial charge in [-0.05, 0) is 29.8 Å². The first kappa shape index (κ1) is 25.0. The predicted molar refractivity (Wildman–Crippen MR) is 131 cm³/mol. The van der Waals surface area contributed by atoms with Crippen LogP contribution in [0.3, 0.4) is 0 Å². The molecule has 0 aliphatic carbocycles. The fraction of sp³-hybridized carbons (Fsp3) is 0.409. The van der Waals surface area contributed by atoms with E-state index in [1.807, 2.05) is 35.2 Å². The van der Waals surface area contributed by atoms with Crippen LogP contribution in [0.1, 0.15) is 11.1 Å². The number of nitrogens with zero attached hydrogens (tertiary/aromatic N) is 2. The van der Waals surface area contributed by atoms with Crippen LogP contribution in [0.4, 0.5) is 10.1 Å². The molecule has 2 N–H and O–H groups in total. The number of aliphatic imine (C=N–C) groups is 1. The molecule has 9 heteroatoms. The van der Waals surface area contributed by atoms with Gasteiger partial charge in [0.2, 0.25) is 0 Å². The molecule has 0 atom stereocenters. The summed E-state index contributed by atoms with van der Waals surface area (Å²) in [5.41, 5.74) is 2.44. The lowest BCUT2D eigenvalue weighted by Gasteiger charge is -2.29. The summed E-state index contributed by atoms with van der Waals surface area (Å²) < 4.78 is 30.6. The zero-order valence-corrected chi connectivity index (χ0v) is 20.4. The third kappa shape index (κ3) is 6.86. The van der Waals surface area contributed by atoms with Crippen LogP contribution >= 0.6 is 24.0 Å². The Bertz CT molecular complexity index is 876. The van der Waals surface area contributed by atoms with Gasteiger partial charge >= 0.3 is 0 Å². The largest absolute Gasteiger partial charge is 0.497 e. The van der Waals surface area contributed by atoms with E-state index in [9.17, 15) is 4.39 Å². The summed E-state index contributed by atoms with van der Waals surface area (Å²) in [5, 5.41) is 6.46. The summed E-state index contributed by atoms with van der Waals surface area (Å²) in [6.45, 7) is 3.66. The quantitative estimate of drug-likeness (QED) is 0.317. The molecule has 1 aliphatic rings. The Labute approximate surface area is 200 Å². The molecule has 7 nitrogen and oxygen atoms in total. The molecule has 0 bridgehead atoms. The van der Waals surface area contributed by atoms with E-state index in [1.165, 1.54) is 0 Å². The SMILES string of the molecule is CN=C(NCc1ccc(N2CCOCC2)c(F)c1)NCc1ccc(OC)cc1OC.I. The van der Waals surface area contributed by atoms with Crippen molar-refractivity contribution in [1.29, 1.82) is 0 Å². The van der Waals surface area contributed by atoms with Crippen LogP contribution in [0.15, 0.2) is 41.4 Å². The topological polar surface area (TPSA) is 67.4 Å². The van der Waals surface area contributed by atoms with E-state index in [1.54, 1.807) is 27.3 Å². The third-order valence-corrected chi connectivity index (χ3v) is 4.99. The van der Waals surface area contributed by atoms with Gasteiger partial charge in [0.25, 0.3) is 0 Å². The maximum absolute atomic E-state index is 14.6. The lowest BCUT2D eigenvalue weighted by atomic mass is 10.1. The summed E-state index contributed by atoms with van der Waals surface area (Å²) in [7, 11) is 4.94. The van der Waals surface area contributed by atoms with Gasteiger partial charge < -0.3 is 29.7 Å². The number of anilines is 1. The van der Waals surface area contributed by atoms with Crippen molar-refractivity contribution in [2.45, 2.75) is 13.1 Å². The first-order valence-corrected chi connectivity index (χ1v) is 9.91. The fourth-order valence-electron chi connectivity index (χ4n) is 3.30. The number of rotatable bonds is 7. The first-order valence-electron chi connectivity index (χ1n) is 9.91. The number of morpholine rings is 1. The summed E-state index contributed by atoms with van der Waals surface area (Å²) in [6.07, 6.45) is 0. The molecule has 3 rings (SSSR count). The number of hydrogen-bond donors (Lipinski definition) is 2. The van der Waals surface area contributed by atoms with Crippen molar-refractivity contribution in [3.05, 3.63) is 53.3 Å². The lowest BCUT2D eigenvalue weighted by Crippen LogP contribution is -2.37. The molecule has 0 spiro atoms. The lowest BCUT2D eigenvalue weighted by molar-refractivity contribution is 0.122. The molecule has 0 unspecified atom stereocenters. The van der Waals surface area contributed by atoms with E-state index in [0.29, 0.717) is 51.0 Å². The van der Waals surface area contributed by atoms with Gasteiger partial charge in [0, 0.05) is 44.9 Å². The van der Waals surface area contributed by atoms with Crippen molar-refractivity contribution >= 4 is 35.6 Å². The van der Waals surface area contributed by atoms with E-state index < -0.39 is 0 Å². The number of ether oxygens (including phenoxy) is 3. The van der Waals surface area contributed by atoms with Gasteiger partial charge in [0.15, 0.2) is 5.96 Å². The van der Waals surface area contributed by atoms with Gasteiger partial charge in [-0.1, -0.05) is 6.07 Å². The number of nitrogens with one attached hydrogen (secondary N) is 2. The van der Waals surface area contributed by atoms with Crippen LogP contribution in [0.2, 0.25) is 0 Å². The molecule has 1 heterocycles. The van der Waals surface area contributed by atoms with Crippen molar-refractivity contribution in [3.63, 3.8) is 0 Å². The number of hydrogen-bond acceptors (Lipinski definition) is 5. The Hall–Kier alpha value is -2.27. The minimum absolute atomic E-state index is 0. The molecule has 170 valence electrons. The predicted octanol–water partition coefficient (Wildman–Crippen LogP) is 3.16. The van der Waals surface area contributed by atoms with Crippen LogP contribution in [0.5, 0.6) is 11.5 Å². The maximum Gasteiger partial charge on any atom is 0.191 e. The molecule has 0 saturated carbocycles. The van der Waals surface area contributed by atoms with E-state index in [2.05, 4.69) is 15.6 Å². The highest BCUT2D eigenvalue weighted by Gasteiger charge is 2.15. The van der Waals surface area contributed by atoms with Crippen molar-refractivity contribution in [1.82, 2.24) is 10.6 Å². The average molecular weight is 544 g/mol. The number of benzene rings is 2. The van der Waals surface area contributed by atoms with Gasteiger partial charge in [0.1, 0.15) is 17.3 Å². The van der Waals surface area contributed by atoms with Gasteiger partial charge in [-0.15, -0.1) is 24.0 Å². The molecule has 0 radical (unpaired) electrons. The van der Waals surface area contributed by atoms with E-state index >= 15 is 0 Å². The van der Waals surface area contributed by atoms with Gasteiger partial charge in [0.05, 0.1) is 33.1 Å². The number of methoxy groups -OCH3 is 2. The van der Waals surface area contributed by atoms with Crippen molar-refractivity contribution in [2.75, 3.05) is 52.5 Å². The third-order valence-electron chi connectivity index (χ3n) is 4.99. The Morgan fingerprint density at radius 1 is 1.06 bits per heavy atom. The Kier molecular flexibility index (Phi) is 10.1. The number of guanidine groups is 1.